The molecular weight excluding hydrogens is 291 g/mol. The number of halogens is 2. The molecule has 1 aliphatic heterocycles. The molecule has 0 aromatic heterocycles. The van der Waals surface area contributed by atoms with Crippen LogP contribution >= 0.6 is 23.2 Å². The summed E-state index contributed by atoms with van der Waals surface area (Å²) in [7, 11) is 0. The minimum Gasteiger partial charge on any atom is -0.311 e. The van der Waals surface area contributed by atoms with Crippen LogP contribution in [0.3, 0.4) is 0 Å². The van der Waals surface area contributed by atoms with Gasteiger partial charge in [-0.05, 0) is 25.0 Å². The average molecular weight is 315 g/mol. The molecule has 2 atom stereocenters. The third-order valence-corrected chi connectivity index (χ3v) is 4.85. The van der Waals surface area contributed by atoms with Crippen molar-refractivity contribution in [2.75, 3.05) is 13.1 Å². The summed E-state index contributed by atoms with van der Waals surface area (Å²) in [5.41, 5.74) is 1.06. The number of rotatable bonds is 5. The summed E-state index contributed by atoms with van der Waals surface area (Å²) in [6.07, 6.45) is 3.59. The van der Waals surface area contributed by atoms with E-state index in [4.69, 9.17) is 23.2 Å². The molecule has 1 N–H and O–H groups in total. The van der Waals surface area contributed by atoms with Gasteiger partial charge in [0, 0.05) is 47.3 Å². The first-order valence-corrected chi connectivity index (χ1v) is 8.31. The first kappa shape index (κ1) is 16.1. The standard InChI is InChI=1S/C16H24Cl2N2/c1-3-6-12-10-20(13(4-2)9-19-12)11-14-15(17)7-5-8-16(14)18/h5,7-8,12-13,19H,3-4,6,9-11H2,1-2H3. The van der Waals surface area contributed by atoms with Crippen LogP contribution in [0.25, 0.3) is 0 Å². The normalized spacial score (nSPS) is 24.0. The van der Waals surface area contributed by atoms with E-state index in [0.29, 0.717) is 12.1 Å². The number of hydrogen-bond acceptors (Lipinski definition) is 2. The van der Waals surface area contributed by atoms with Crippen molar-refractivity contribution in [1.29, 1.82) is 0 Å². The molecule has 0 aliphatic carbocycles. The second kappa shape index (κ2) is 7.65. The quantitative estimate of drug-likeness (QED) is 0.869. The minimum atomic E-state index is 0.565. The van der Waals surface area contributed by atoms with Crippen molar-refractivity contribution in [3.05, 3.63) is 33.8 Å². The van der Waals surface area contributed by atoms with Crippen molar-refractivity contribution in [2.45, 2.75) is 51.7 Å². The van der Waals surface area contributed by atoms with E-state index in [9.17, 15) is 0 Å². The molecule has 0 saturated carbocycles. The molecule has 20 heavy (non-hydrogen) atoms. The fraction of sp³-hybridized carbons (Fsp3) is 0.625. The van der Waals surface area contributed by atoms with E-state index in [1.54, 1.807) is 0 Å². The van der Waals surface area contributed by atoms with Crippen LogP contribution in [-0.2, 0) is 6.54 Å². The monoisotopic (exact) mass is 314 g/mol. The highest BCUT2D eigenvalue weighted by atomic mass is 35.5. The van der Waals surface area contributed by atoms with E-state index < -0.39 is 0 Å². The van der Waals surface area contributed by atoms with Crippen LogP contribution in [0, 0.1) is 0 Å². The average Bonchev–Trinajstić information content (AvgIpc) is 2.44. The number of piperazine rings is 1. The highest BCUT2D eigenvalue weighted by Crippen LogP contribution is 2.27. The number of nitrogens with one attached hydrogen (secondary N) is 1. The van der Waals surface area contributed by atoms with Gasteiger partial charge in [-0.1, -0.05) is 49.5 Å². The van der Waals surface area contributed by atoms with Crippen molar-refractivity contribution in [2.24, 2.45) is 0 Å². The van der Waals surface area contributed by atoms with Crippen LogP contribution < -0.4 is 5.32 Å². The molecule has 2 nitrogen and oxygen atoms in total. The minimum absolute atomic E-state index is 0.565. The molecule has 2 rings (SSSR count). The fourth-order valence-corrected chi connectivity index (χ4v) is 3.47. The van der Waals surface area contributed by atoms with Crippen LogP contribution in [0.15, 0.2) is 18.2 Å². The lowest BCUT2D eigenvalue weighted by molar-refractivity contribution is 0.115. The molecule has 1 saturated heterocycles. The van der Waals surface area contributed by atoms with E-state index in [-0.39, 0.29) is 0 Å². The van der Waals surface area contributed by atoms with Gasteiger partial charge in [0.25, 0.3) is 0 Å². The highest BCUT2D eigenvalue weighted by Gasteiger charge is 2.27. The molecule has 0 spiro atoms. The maximum absolute atomic E-state index is 6.31. The molecule has 112 valence electrons. The zero-order valence-corrected chi connectivity index (χ0v) is 13.8. The van der Waals surface area contributed by atoms with Gasteiger partial charge in [0.2, 0.25) is 0 Å². The van der Waals surface area contributed by atoms with Crippen molar-refractivity contribution >= 4 is 23.2 Å². The predicted molar refractivity (Wildman–Crippen MR) is 87.6 cm³/mol. The van der Waals surface area contributed by atoms with Crippen molar-refractivity contribution < 1.29 is 0 Å². The summed E-state index contributed by atoms with van der Waals surface area (Å²) in [5.74, 6) is 0. The van der Waals surface area contributed by atoms with Crippen molar-refractivity contribution in [3.63, 3.8) is 0 Å². The zero-order chi connectivity index (χ0) is 14.5. The number of nitrogens with zero attached hydrogens (tertiary/aromatic N) is 1. The first-order chi connectivity index (χ1) is 9.65. The molecule has 2 unspecified atom stereocenters. The Balaban J connectivity index is 2.11. The molecule has 1 aromatic carbocycles. The van der Waals surface area contributed by atoms with Gasteiger partial charge in [0.1, 0.15) is 0 Å². The fourth-order valence-electron chi connectivity index (χ4n) is 2.95. The van der Waals surface area contributed by atoms with Crippen LogP contribution in [0.4, 0.5) is 0 Å². The summed E-state index contributed by atoms with van der Waals surface area (Å²) < 4.78 is 0. The van der Waals surface area contributed by atoms with Gasteiger partial charge >= 0.3 is 0 Å². The molecule has 0 bridgehead atoms. The molecular formula is C16H24Cl2N2. The van der Waals surface area contributed by atoms with Crippen LogP contribution in [0.2, 0.25) is 10.0 Å². The molecule has 4 heteroatoms. The van der Waals surface area contributed by atoms with Gasteiger partial charge in [-0.25, -0.2) is 0 Å². The smallest absolute Gasteiger partial charge is 0.0465 e. The van der Waals surface area contributed by atoms with Crippen LogP contribution in [-0.4, -0.2) is 30.1 Å². The maximum atomic E-state index is 6.31. The number of benzene rings is 1. The van der Waals surface area contributed by atoms with Crippen molar-refractivity contribution in [1.82, 2.24) is 10.2 Å². The first-order valence-electron chi connectivity index (χ1n) is 7.56. The Hall–Kier alpha value is -0.280. The van der Waals surface area contributed by atoms with E-state index in [0.717, 1.165) is 41.7 Å². The summed E-state index contributed by atoms with van der Waals surface area (Å²) >= 11 is 12.6. The highest BCUT2D eigenvalue weighted by molar-refractivity contribution is 6.35. The largest absolute Gasteiger partial charge is 0.311 e. The number of hydrogen-bond donors (Lipinski definition) is 1. The van der Waals surface area contributed by atoms with Crippen molar-refractivity contribution in [3.8, 4) is 0 Å². The van der Waals surface area contributed by atoms with Gasteiger partial charge in [0.05, 0.1) is 0 Å². The summed E-state index contributed by atoms with van der Waals surface area (Å²) in [6, 6.07) is 6.91. The Labute approximate surface area is 132 Å². The summed E-state index contributed by atoms with van der Waals surface area (Å²) in [4.78, 5) is 2.53. The lowest BCUT2D eigenvalue weighted by atomic mass is 10.0. The molecule has 1 heterocycles. The predicted octanol–water partition coefficient (Wildman–Crippen LogP) is 4.35. The Kier molecular flexibility index (Phi) is 6.16. The Morgan fingerprint density at radius 1 is 1.25 bits per heavy atom. The lowest BCUT2D eigenvalue weighted by Gasteiger charge is -2.40. The van der Waals surface area contributed by atoms with Gasteiger partial charge in [-0.15, -0.1) is 0 Å². The van der Waals surface area contributed by atoms with E-state index in [1.165, 1.54) is 12.8 Å². The van der Waals surface area contributed by atoms with Gasteiger partial charge in [-0.2, -0.15) is 0 Å². The van der Waals surface area contributed by atoms with E-state index in [1.807, 2.05) is 18.2 Å². The van der Waals surface area contributed by atoms with Crippen LogP contribution in [0.5, 0.6) is 0 Å². The van der Waals surface area contributed by atoms with E-state index >= 15 is 0 Å². The maximum Gasteiger partial charge on any atom is 0.0465 e. The second-order valence-corrected chi connectivity index (χ2v) is 6.40. The van der Waals surface area contributed by atoms with Crippen LogP contribution in [0.1, 0.15) is 38.7 Å². The molecule has 1 aliphatic rings. The molecule has 1 aromatic rings. The zero-order valence-electron chi connectivity index (χ0n) is 12.3. The van der Waals surface area contributed by atoms with Gasteiger partial charge in [0.15, 0.2) is 0 Å². The SMILES string of the molecule is CCCC1CN(Cc2c(Cl)cccc2Cl)C(CC)CN1. The Bertz CT molecular complexity index is 416. The third-order valence-electron chi connectivity index (χ3n) is 4.14. The topological polar surface area (TPSA) is 15.3 Å². The Morgan fingerprint density at radius 3 is 2.55 bits per heavy atom. The van der Waals surface area contributed by atoms with Gasteiger partial charge in [-0.3, -0.25) is 4.90 Å². The lowest BCUT2D eigenvalue weighted by Crippen LogP contribution is -2.55. The molecule has 1 fully saturated rings. The summed E-state index contributed by atoms with van der Waals surface area (Å²) in [6.45, 7) is 7.46. The van der Waals surface area contributed by atoms with E-state index in [2.05, 4.69) is 24.1 Å². The molecule has 0 amide bonds. The second-order valence-electron chi connectivity index (χ2n) is 5.59. The summed E-state index contributed by atoms with van der Waals surface area (Å²) in [5, 5.41) is 5.21. The van der Waals surface area contributed by atoms with Gasteiger partial charge < -0.3 is 5.32 Å². The molecule has 0 radical (unpaired) electrons. The third kappa shape index (κ3) is 3.88. The Morgan fingerprint density at radius 2 is 1.95 bits per heavy atom.